The van der Waals surface area contributed by atoms with Gasteiger partial charge in [0.1, 0.15) is 0 Å². The number of morpholine rings is 1. The molecule has 0 amide bonds. The Morgan fingerprint density at radius 2 is 2.00 bits per heavy atom. The van der Waals surface area contributed by atoms with Crippen LogP contribution in [0.5, 0.6) is 0 Å². The van der Waals surface area contributed by atoms with Gasteiger partial charge in [0, 0.05) is 31.7 Å². The number of fused-ring (bicyclic) bond motifs is 1. The van der Waals surface area contributed by atoms with Gasteiger partial charge >= 0.3 is 5.76 Å². The van der Waals surface area contributed by atoms with E-state index < -0.39 is 15.8 Å². The van der Waals surface area contributed by atoms with Crippen molar-refractivity contribution in [1.82, 2.24) is 14.6 Å². The fourth-order valence-corrected chi connectivity index (χ4v) is 4.32. The molecule has 26 heavy (non-hydrogen) atoms. The molecular formula is C17H25N3O5S. The summed E-state index contributed by atoms with van der Waals surface area (Å²) in [4.78, 5) is 16.1. The third-order valence-corrected chi connectivity index (χ3v) is 5.94. The lowest BCUT2D eigenvalue weighted by Gasteiger charge is -2.35. The molecule has 8 nitrogen and oxygen atoms in total. The maximum atomic E-state index is 12.7. The Labute approximate surface area is 152 Å². The van der Waals surface area contributed by atoms with E-state index in [1.807, 2.05) is 0 Å². The molecule has 1 aromatic heterocycles. The van der Waals surface area contributed by atoms with Crippen LogP contribution in [0.25, 0.3) is 11.1 Å². The van der Waals surface area contributed by atoms with Gasteiger partial charge in [-0.25, -0.2) is 17.9 Å². The normalized spacial score (nSPS) is 17.8. The summed E-state index contributed by atoms with van der Waals surface area (Å²) >= 11 is 0. The van der Waals surface area contributed by atoms with Gasteiger partial charge in [-0.1, -0.05) is 13.8 Å². The Kier molecular flexibility index (Phi) is 5.81. The highest BCUT2D eigenvalue weighted by atomic mass is 32.2. The Morgan fingerprint density at radius 3 is 2.69 bits per heavy atom. The van der Waals surface area contributed by atoms with Crippen LogP contribution < -0.4 is 10.5 Å². The highest BCUT2D eigenvalue weighted by Crippen LogP contribution is 2.18. The lowest BCUT2D eigenvalue weighted by Crippen LogP contribution is -2.49. The van der Waals surface area contributed by atoms with Crippen LogP contribution >= 0.6 is 0 Å². The average molecular weight is 383 g/mol. The van der Waals surface area contributed by atoms with E-state index in [1.54, 1.807) is 0 Å². The first-order valence-corrected chi connectivity index (χ1v) is 10.3. The number of H-pyrrole nitrogens is 1. The molecule has 0 aliphatic carbocycles. The van der Waals surface area contributed by atoms with Gasteiger partial charge in [0.05, 0.1) is 23.6 Å². The molecule has 3 rings (SSSR count). The number of aromatic amines is 1. The molecule has 0 saturated carbocycles. The maximum absolute atomic E-state index is 12.7. The first kappa shape index (κ1) is 19.1. The molecule has 1 aromatic carbocycles. The number of oxazole rings is 1. The van der Waals surface area contributed by atoms with Crippen molar-refractivity contribution in [3.05, 3.63) is 28.7 Å². The SMILES string of the molecule is CC(C)CC(CNS(=O)(=O)c1ccc2[nH]c(=O)oc2c1)N1CCOCC1. The molecule has 0 bridgehead atoms. The second-order valence-corrected chi connectivity index (χ2v) is 8.72. The van der Waals surface area contributed by atoms with Gasteiger partial charge in [0.2, 0.25) is 10.0 Å². The fourth-order valence-electron chi connectivity index (χ4n) is 3.23. The van der Waals surface area contributed by atoms with Crippen molar-refractivity contribution in [2.24, 2.45) is 5.92 Å². The molecule has 0 spiro atoms. The van der Waals surface area contributed by atoms with Crippen molar-refractivity contribution >= 4 is 21.1 Å². The first-order chi connectivity index (χ1) is 12.3. The number of sulfonamides is 1. The number of benzene rings is 1. The molecule has 2 N–H and O–H groups in total. The number of rotatable bonds is 7. The number of hydrogen-bond acceptors (Lipinski definition) is 6. The number of hydrogen-bond donors (Lipinski definition) is 2. The molecule has 9 heteroatoms. The molecule has 1 fully saturated rings. The van der Waals surface area contributed by atoms with Crippen LogP contribution in [0.1, 0.15) is 20.3 Å². The zero-order valence-corrected chi connectivity index (χ0v) is 15.8. The second kappa shape index (κ2) is 7.91. The molecule has 0 radical (unpaired) electrons. The molecular weight excluding hydrogens is 358 g/mol. The van der Waals surface area contributed by atoms with Crippen molar-refractivity contribution < 1.29 is 17.6 Å². The van der Waals surface area contributed by atoms with Crippen LogP contribution in [0.3, 0.4) is 0 Å². The van der Waals surface area contributed by atoms with Crippen LogP contribution in [0.4, 0.5) is 0 Å². The van der Waals surface area contributed by atoms with Crippen molar-refractivity contribution in [3.63, 3.8) is 0 Å². The topological polar surface area (TPSA) is 105 Å². The zero-order chi connectivity index (χ0) is 18.7. The van der Waals surface area contributed by atoms with Crippen molar-refractivity contribution in [2.45, 2.75) is 31.2 Å². The quantitative estimate of drug-likeness (QED) is 0.743. The molecule has 1 atom stereocenters. The minimum atomic E-state index is -3.70. The number of nitrogens with one attached hydrogen (secondary N) is 2. The minimum Gasteiger partial charge on any atom is -0.408 e. The fraction of sp³-hybridized carbons (Fsp3) is 0.588. The molecule has 2 aromatic rings. The summed E-state index contributed by atoms with van der Waals surface area (Å²) in [5.41, 5.74) is 0.699. The summed E-state index contributed by atoms with van der Waals surface area (Å²) in [5.74, 6) is -0.148. The van der Waals surface area contributed by atoms with E-state index in [2.05, 4.69) is 28.5 Å². The van der Waals surface area contributed by atoms with Gasteiger partial charge in [0.15, 0.2) is 5.58 Å². The summed E-state index contributed by atoms with van der Waals surface area (Å²) < 4.78 is 38.4. The highest BCUT2D eigenvalue weighted by Gasteiger charge is 2.24. The summed E-state index contributed by atoms with van der Waals surface area (Å²) in [7, 11) is -3.70. The first-order valence-electron chi connectivity index (χ1n) is 8.79. The van der Waals surface area contributed by atoms with Crippen molar-refractivity contribution in [3.8, 4) is 0 Å². The van der Waals surface area contributed by atoms with Gasteiger partial charge < -0.3 is 9.15 Å². The molecule has 144 valence electrons. The van der Waals surface area contributed by atoms with Gasteiger partial charge in [0.25, 0.3) is 0 Å². The van der Waals surface area contributed by atoms with Crippen LogP contribution in [-0.4, -0.2) is 57.2 Å². The Hall–Kier alpha value is -1.68. The van der Waals surface area contributed by atoms with Crippen LogP contribution in [0.2, 0.25) is 0 Å². The van der Waals surface area contributed by atoms with E-state index in [4.69, 9.17) is 9.15 Å². The largest absolute Gasteiger partial charge is 0.417 e. The maximum Gasteiger partial charge on any atom is 0.417 e. The smallest absolute Gasteiger partial charge is 0.408 e. The molecule has 1 unspecified atom stereocenters. The van der Waals surface area contributed by atoms with E-state index in [9.17, 15) is 13.2 Å². The molecule has 1 aliphatic rings. The molecule has 1 saturated heterocycles. The summed E-state index contributed by atoms with van der Waals surface area (Å²) in [5, 5.41) is 0. The van der Waals surface area contributed by atoms with E-state index in [1.165, 1.54) is 18.2 Å². The Balaban J connectivity index is 1.74. The lowest BCUT2D eigenvalue weighted by molar-refractivity contribution is 0.0134. The standard InChI is InChI=1S/C17H25N3O5S/c1-12(2)9-13(20-5-7-24-8-6-20)11-18-26(22,23)14-3-4-15-16(10-14)25-17(21)19-15/h3-4,10,12-13,18H,5-9,11H2,1-2H3,(H,19,21). The predicted molar refractivity (Wildman–Crippen MR) is 97.7 cm³/mol. The van der Waals surface area contributed by atoms with Crippen LogP contribution in [-0.2, 0) is 14.8 Å². The van der Waals surface area contributed by atoms with Crippen molar-refractivity contribution in [2.75, 3.05) is 32.8 Å². The van der Waals surface area contributed by atoms with Gasteiger partial charge in [-0.15, -0.1) is 0 Å². The highest BCUT2D eigenvalue weighted by molar-refractivity contribution is 7.89. The molecule has 2 heterocycles. The van der Waals surface area contributed by atoms with Gasteiger partial charge in [-0.3, -0.25) is 9.88 Å². The van der Waals surface area contributed by atoms with E-state index in [0.29, 0.717) is 31.2 Å². The Bertz CT molecular complexity index is 897. The average Bonchev–Trinajstić information content (AvgIpc) is 2.98. The number of nitrogens with zero attached hydrogens (tertiary/aromatic N) is 1. The third kappa shape index (κ3) is 4.53. The molecule has 1 aliphatic heterocycles. The summed E-state index contributed by atoms with van der Waals surface area (Å²) in [6, 6.07) is 4.47. The van der Waals surface area contributed by atoms with Crippen molar-refractivity contribution in [1.29, 1.82) is 0 Å². The monoisotopic (exact) mass is 383 g/mol. The van der Waals surface area contributed by atoms with E-state index >= 15 is 0 Å². The van der Waals surface area contributed by atoms with Gasteiger partial charge in [-0.2, -0.15) is 0 Å². The van der Waals surface area contributed by atoms with E-state index in [-0.39, 0.29) is 16.5 Å². The Morgan fingerprint density at radius 1 is 1.27 bits per heavy atom. The summed E-state index contributed by atoms with van der Waals surface area (Å²) in [6.07, 6.45) is 0.897. The lowest BCUT2D eigenvalue weighted by atomic mass is 10.0. The van der Waals surface area contributed by atoms with Crippen LogP contribution in [0, 0.1) is 5.92 Å². The minimum absolute atomic E-state index is 0.0815. The number of ether oxygens (including phenoxy) is 1. The number of aromatic nitrogens is 1. The van der Waals surface area contributed by atoms with Gasteiger partial charge in [-0.05, 0) is 24.5 Å². The summed E-state index contributed by atoms with van der Waals surface area (Å²) in [6.45, 7) is 7.54. The van der Waals surface area contributed by atoms with Crippen LogP contribution in [0.15, 0.2) is 32.3 Å². The second-order valence-electron chi connectivity index (χ2n) is 6.96. The third-order valence-electron chi connectivity index (χ3n) is 4.52. The zero-order valence-electron chi connectivity index (χ0n) is 15.0. The van der Waals surface area contributed by atoms with E-state index in [0.717, 1.165) is 19.5 Å². The predicted octanol–water partition coefficient (Wildman–Crippen LogP) is 1.15.